The van der Waals surface area contributed by atoms with Crippen LogP contribution >= 0.6 is 0 Å². The zero-order chi connectivity index (χ0) is 17.8. The van der Waals surface area contributed by atoms with Gasteiger partial charge in [0.15, 0.2) is 0 Å². The average molecular weight is 343 g/mol. The fourth-order valence-electron chi connectivity index (χ4n) is 3.24. The minimum absolute atomic E-state index is 0.0646. The molecule has 0 atom stereocenters. The number of hydrogen-bond donors (Lipinski definition) is 1. The van der Waals surface area contributed by atoms with Crippen molar-refractivity contribution in [1.29, 1.82) is 0 Å². The van der Waals surface area contributed by atoms with Gasteiger partial charge in [0.25, 0.3) is 5.56 Å². The molecule has 2 heterocycles. The number of benzene rings is 1. The molecule has 6 heteroatoms. The third-order valence-electron chi connectivity index (χ3n) is 4.71. The maximum atomic E-state index is 12.4. The molecule has 6 nitrogen and oxygen atoms in total. The molecule has 134 valence electrons. The molecule has 0 bridgehead atoms. The quantitative estimate of drug-likeness (QED) is 0.902. The lowest BCUT2D eigenvalue weighted by Gasteiger charge is -2.34. The Morgan fingerprint density at radius 2 is 1.96 bits per heavy atom. The fraction of sp³-hybridized carbons (Fsp3) is 0.474. The molecule has 1 amide bonds. The lowest BCUT2D eigenvalue weighted by molar-refractivity contribution is -0.133. The summed E-state index contributed by atoms with van der Waals surface area (Å²) >= 11 is 0. The van der Waals surface area contributed by atoms with E-state index in [0.29, 0.717) is 13.0 Å². The van der Waals surface area contributed by atoms with Crippen molar-refractivity contribution in [3.63, 3.8) is 0 Å². The zero-order valence-electron chi connectivity index (χ0n) is 14.9. The third-order valence-corrected chi connectivity index (χ3v) is 4.71. The molecule has 1 aromatic carbocycles. The van der Waals surface area contributed by atoms with Gasteiger partial charge >= 0.3 is 0 Å². The van der Waals surface area contributed by atoms with Gasteiger partial charge in [-0.25, -0.2) is 0 Å². The maximum Gasteiger partial charge on any atom is 0.252 e. The lowest BCUT2D eigenvalue weighted by Crippen LogP contribution is -2.48. The molecular formula is C19H25N3O3. The monoisotopic (exact) mass is 343 g/mol. The van der Waals surface area contributed by atoms with E-state index in [0.717, 1.165) is 54.8 Å². The van der Waals surface area contributed by atoms with Crippen molar-refractivity contribution in [2.75, 3.05) is 33.3 Å². The third kappa shape index (κ3) is 4.02. The Morgan fingerprint density at radius 3 is 2.64 bits per heavy atom. The summed E-state index contributed by atoms with van der Waals surface area (Å²) in [5, 5.41) is 0.993. The highest BCUT2D eigenvalue weighted by molar-refractivity contribution is 5.80. The Morgan fingerprint density at radius 1 is 1.20 bits per heavy atom. The molecule has 0 saturated carbocycles. The molecule has 1 aliphatic rings. The first-order valence-corrected chi connectivity index (χ1v) is 8.80. The van der Waals surface area contributed by atoms with Crippen molar-refractivity contribution in [2.24, 2.45) is 0 Å². The van der Waals surface area contributed by atoms with E-state index in [9.17, 15) is 9.59 Å². The van der Waals surface area contributed by atoms with E-state index in [1.165, 1.54) is 0 Å². The molecule has 0 aliphatic carbocycles. The second-order valence-electron chi connectivity index (χ2n) is 6.48. The number of fused-ring (bicyclic) bond motifs is 1. The molecule has 0 spiro atoms. The van der Waals surface area contributed by atoms with Crippen molar-refractivity contribution >= 4 is 16.8 Å². The largest absolute Gasteiger partial charge is 0.497 e. The number of rotatable bonds is 5. The molecule has 3 rings (SSSR count). The van der Waals surface area contributed by atoms with E-state index in [4.69, 9.17) is 4.74 Å². The van der Waals surface area contributed by atoms with Crippen LogP contribution in [0.4, 0.5) is 0 Å². The number of nitrogens with one attached hydrogen (secondary N) is 1. The first-order chi connectivity index (χ1) is 12.1. The van der Waals surface area contributed by atoms with E-state index < -0.39 is 0 Å². The number of H-pyrrole nitrogens is 1. The van der Waals surface area contributed by atoms with Gasteiger partial charge in [0, 0.05) is 50.8 Å². The van der Waals surface area contributed by atoms with Crippen LogP contribution in [0.1, 0.15) is 25.3 Å². The second-order valence-corrected chi connectivity index (χ2v) is 6.48. The summed E-state index contributed by atoms with van der Waals surface area (Å²) in [6, 6.07) is 7.62. The number of pyridine rings is 1. The minimum Gasteiger partial charge on any atom is -0.497 e. The molecule has 1 fully saturated rings. The summed E-state index contributed by atoms with van der Waals surface area (Å²) in [6.45, 7) is 5.71. The van der Waals surface area contributed by atoms with Crippen molar-refractivity contribution in [3.05, 3.63) is 40.2 Å². The number of ether oxygens (including phenoxy) is 1. The van der Waals surface area contributed by atoms with Gasteiger partial charge in [-0.3, -0.25) is 14.5 Å². The van der Waals surface area contributed by atoms with Crippen molar-refractivity contribution in [1.82, 2.24) is 14.8 Å². The zero-order valence-corrected chi connectivity index (χ0v) is 14.9. The Bertz CT molecular complexity index is 807. The molecule has 2 aromatic rings. The highest BCUT2D eigenvalue weighted by Gasteiger charge is 2.21. The Balaban J connectivity index is 1.68. The number of amides is 1. The van der Waals surface area contributed by atoms with Gasteiger partial charge in [-0.15, -0.1) is 0 Å². The minimum atomic E-state index is -0.0646. The topological polar surface area (TPSA) is 65.6 Å². The molecule has 0 unspecified atom stereocenters. The number of aromatic nitrogens is 1. The predicted octanol–water partition coefficient (Wildman–Crippen LogP) is 1.98. The summed E-state index contributed by atoms with van der Waals surface area (Å²) in [5.41, 5.74) is 1.47. The summed E-state index contributed by atoms with van der Waals surface area (Å²) in [6.07, 6.45) is 1.50. The Hall–Kier alpha value is -2.34. The van der Waals surface area contributed by atoms with Crippen LogP contribution in [0.25, 0.3) is 10.9 Å². The molecular weight excluding hydrogens is 318 g/mol. The maximum absolute atomic E-state index is 12.4. The summed E-state index contributed by atoms with van der Waals surface area (Å²) < 4.78 is 5.20. The van der Waals surface area contributed by atoms with Crippen molar-refractivity contribution < 1.29 is 9.53 Å². The molecule has 1 aromatic heterocycles. The van der Waals surface area contributed by atoms with Crippen LogP contribution in [0, 0.1) is 0 Å². The fourth-order valence-corrected chi connectivity index (χ4v) is 3.24. The van der Waals surface area contributed by atoms with Crippen molar-refractivity contribution in [2.45, 2.75) is 26.3 Å². The molecule has 1 saturated heterocycles. The van der Waals surface area contributed by atoms with Gasteiger partial charge in [0.05, 0.1) is 12.6 Å². The molecule has 1 N–H and O–H groups in total. The highest BCUT2D eigenvalue weighted by atomic mass is 16.5. The number of aromatic amines is 1. The molecule has 1 aliphatic heterocycles. The van der Waals surface area contributed by atoms with Crippen LogP contribution in [0.3, 0.4) is 0 Å². The van der Waals surface area contributed by atoms with Gasteiger partial charge in [-0.1, -0.05) is 6.92 Å². The lowest BCUT2D eigenvalue weighted by atomic mass is 10.1. The van der Waals surface area contributed by atoms with Crippen LogP contribution in [0.2, 0.25) is 0 Å². The first-order valence-electron chi connectivity index (χ1n) is 8.80. The van der Waals surface area contributed by atoms with Crippen LogP contribution in [0.5, 0.6) is 5.75 Å². The Labute approximate surface area is 147 Å². The smallest absolute Gasteiger partial charge is 0.252 e. The highest BCUT2D eigenvalue weighted by Crippen LogP contribution is 2.19. The molecule has 25 heavy (non-hydrogen) atoms. The van der Waals surface area contributed by atoms with Gasteiger partial charge in [-0.05, 0) is 30.0 Å². The number of methoxy groups -OCH3 is 1. The SMILES string of the molecule is CCCC(=O)N1CCN(Cc2cc3ccc(OC)cc3[nH]c2=O)CC1. The summed E-state index contributed by atoms with van der Waals surface area (Å²) in [7, 11) is 1.61. The van der Waals surface area contributed by atoms with Gasteiger partial charge in [-0.2, -0.15) is 0 Å². The first kappa shape index (κ1) is 17.5. The summed E-state index contributed by atoms with van der Waals surface area (Å²) in [4.78, 5) is 31.4. The van der Waals surface area contributed by atoms with E-state index in [1.807, 2.05) is 36.1 Å². The Kier molecular flexibility index (Phi) is 5.38. The van der Waals surface area contributed by atoms with Crippen LogP contribution < -0.4 is 10.3 Å². The number of piperazine rings is 1. The van der Waals surface area contributed by atoms with Crippen molar-refractivity contribution in [3.8, 4) is 5.75 Å². The van der Waals surface area contributed by atoms with Gasteiger partial charge < -0.3 is 14.6 Å². The van der Waals surface area contributed by atoms with Crippen LogP contribution in [-0.4, -0.2) is 54.0 Å². The van der Waals surface area contributed by atoms with E-state index in [2.05, 4.69) is 9.88 Å². The van der Waals surface area contributed by atoms with E-state index >= 15 is 0 Å². The number of nitrogens with zero attached hydrogens (tertiary/aromatic N) is 2. The number of carbonyl (C=O) groups excluding carboxylic acids is 1. The normalized spacial score (nSPS) is 15.5. The summed E-state index contributed by atoms with van der Waals surface area (Å²) in [5.74, 6) is 0.961. The van der Waals surface area contributed by atoms with Gasteiger partial charge in [0.2, 0.25) is 5.91 Å². The second kappa shape index (κ2) is 7.70. The molecule has 0 radical (unpaired) electrons. The van der Waals surface area contributed by atoms with Gasteiger partial charge in [0.1, 0.15) is 5.75 Å². The van der Waals surface area contributed by atoms with E-state index in [1.54, 1.807) is 7.11 Å². The van der Waals surface area contributed by atoms with E-state index in [-0.39, 0.29) is 11.5 Å². The average Bonchev–Trinajstić information content (AvgIpc) is 2.62. The standard InChI is InChI=1S/C19H25N3O3/c1-3-4-18(23)22-9-7-21(8-10-22)13-15-11-14-5-6-16(25-2)12-17(14)20-19(15)24/h5-6,11-12H,3-4,7-10,13H2,1-2H3,(H,20,24). The number of carbonyl (C=O) groups is 1. The predicted molar refractivity (Wildman–Crippen MR) is 97.9 cm³/mol. The van der Waals surface area contributed by atoms with Crippen LogP contribution in [0.15, 0.2) is 29.1 Å². The van der Waals surface area contributed by atoms with Crippen LogP contribution in [-0.2, 0) is 11.3 Å². The number of hydrogen-bond acceptors (Lipinski definition) is 4.